The van der Waals surface area contributed by atoms with E-state index in [1.165, 1.54) is 0 Å². The van der Waals surface area contributed by atoms with Gasteiger partial charge in [-0.1, -0.05) is 0 Å². The molecular weight excluding hydrogens is 460 g/mol. The number of ether oxygens (including phenoxy) is 1. The van der Waals surface area contributed by atoms with Crippen molar-refractivity contribution >= 4 is 35.1 Å². The number of pyridine rings is 1. The Kier molecular flexibility index (Phi) is 5.93. The summed E-state index contributed by atoms with van der Waals surface area (Å²) in [6, 6.07) is 1.72. The van der Waals surface area contributed by atoms with Crippen molar-refractivity contribution in [1.82, 2.24) is 24.3 Å². The average Bonchev–Trinajstić information content (AvgIpc) is 3.40. The van der Waals surface area contributed by atoms with Crippen LogP contribution in [0.1, 0.15) is 39.0 Å². The zero-order valence-corrected chi connectivity index (χ0v) is 21.4. The molecule has 190 valence electrons. The van der Waals surface area contributed by atoms with Crippen LogP contribution < -0.4 is 15.1 Å². The molecule has 3 aromatic heterocycles. The monoisotopic (exact) mass is 492 g/mol. The van der Waals surface area contributed by atoms with Gasteiger partial charge in [-0.2, -0.15) is 0 Å². The Morgan fingerprint density at radius 3 is 2.69 bits per heavy atom. The largest absolute Gasteiger partial charge is 0.444 e. The van der Waals surface area contributed by atoms with E-state index in [2.05, 4.69) is 25.2 Å². The lowest BCUT2D eigenvalue weighted by Gasteiger charge is -2.41. The van der Waals surface area contributed by atoms with Crippen LogP contribution in [0.2, 0.25) is 0 Å². The summed E-state index contributed by atoms with van der Waals surface area (Å²) in [5.74, 6) is 1.12. The first-order valence-corrected chi connectivity index (χ1v) is 12.2. The van der Waals surface area contributed by atoms with Crippen molar-refractivity contribution < 1.29 is 14.3 Å². The molecule has 5 heterocycles. The topological polar surface area (TPSA) is 108 Å². The predicted octanol–water partition coefficient (Wildman–Crippen LogP) is 3.47. The van der Waals surface area contributed by atoms with Gasteiger partial charge in [0, 0.05) is 55.9 Å². The first-order chi connectivity index (χ1) is 17.1. The van der Waals surface area contributed by atoms with Gasteiger partial charge in [-0.05, 0) is 47.1 Å². The standard InChI is InChI=1S/C25H32N8O3/c1-16-13-31-15-20(28-21(31)12-27-16)29-23(34)33-9-7-18-19(6-8-26-22(18)33)30-10-11-32(17(2)14-30)24(35)36-25(3,4)5/h6,8,12-13,15,17H,7,9-11,14H2,1-5H3,(H,29,34)/t17-/m0/s1. The van der Waals surface area contributed by atoms with Crippen molar-refractivity contribution in [3.05, 3.63) is 42.1 Å². The van der Waals surface area contributed by atoms with Crippen LogP contribution in [0, 0.1) is 6.92 Å². The molecule has 0 unspecified atom stereocenters. The number of aryl methyl sites for hydroxylation is 1. The van der Waals surface area contributed by atoms with Crippen molar-refractivity contribution in [3.63, 3.8) is 0 Å². The highest BCUT2D eigenvalue weighted by Crippen LogP contribution is 2.35. The second-order valence-electron chi connectivity index (χ2n) is 10.4. The van der Waals surface area contributed by atoms with Crippen LogP contribution in [-0.4, -0.2) is 74.2 Å². The molecule has 11 nitrogen and oxygen atoms in total. The maximum Gasteiger partial charge on any atom is 0.410 e. The third kappa shape index (κ3) is 4.65. The van der Waals surface area contributed by atoms with Crippen molar-refractivity contribution in [1.29, 1.82) is 0 Å². The first kappa shape index (κ1) is 23.8. The van der Waals surface area contributed by atoms with E-state index in [9.17, 15) is 9.59 Å². The number of aromatic nitrogens is 4. The Hall–Kier alpha value is -3.89. The second kappa shape index (κ2) is 8.96. The normalized spacial score (nSPS) is 17.9. The number of hydrogen-bond acceptors (Lipinski definition) is 7. The Morgan fingerprint density at radius 1 is 1.14 bits per heavy atom. The number of piperazine rings is 1. The molecule has 1 fully saturated rings. The Bertz CT molecular complexity index is 1310. The van der Waals surface area contributed by atoms with Crippen LogP contribution in [0.3, 0.4) is 0 Å². The molecule has 0 saturated carbocycles. The van der Waals surface area contributed by atoms with Gasteiger partial charge in [0.05, 0.1) is 18.1 Å². The molecule has 0 bridgehead atoms. The van der Waals surface area contributed by atoms with Gasteiger partial charge < -0.3 is 18.9 Å². The SMILES string of the molecule is Cc1cn2cc(NC(=O)N3CCc4c(N5CCN(C(=O)OC(C)(C)C)[C@@H](C)C5)ccnc43)nc2cn1. The number of carbonyl (C=O) groups is 2. The molecule has 11 heteroatoms. The van der Waals surface area contributed by atoms with Crippen LogP contribution in [0.5, 0.6) is 0 Å². The van der Waals surface area contributed by atoms with Gasteiger partial charge in [0.25, 0.3) is 0 Å². The number of nitrogens with one attached hydrogen (secondary N) is 1. The fourth-order valence-electron chi connectivity index (χ4n) is 4.77. The first-order valence-electron chi connectivity index (χ1n) is 12.2. The summed E-state index contributed by atoms with van der Waals surface area (Å²) in [7, 11) is 0. The summed E-state index contributed by atoms with van der Waals surface area (Å²) in [6.45, 7) is 12.0. The van der Waals surface area contributed by atoms with E-state index < -0.39 is 5.60 Å². The summed E-state index contributed by atoms with van der Waals surface area (Å²) in [5.41, 5.74) is 3.10. The van der Waals surface area contributed by atoms with Gasteiger partial charge in [0.2, 0.25) is 0 Å². The minimum Gasteiger partial charge on any atom is -0.444 e. The van der Waals surface area contributed by atoms with E-state index >= 15 is 0 Å². The molecule has 2 aliphatic heterocycles. The van der Waals surface area contributed by atoms with Crippen molar-refractivity contribution in [2.24, 2.45) is 0 Å². The molecule has 0 aromatic carbocycles. The lowest BCUT2D eigenvalue weighted by Crippen LogP contribution is -2.55. The number of anilines is 3. The molecular formula is C25H32N8O3. The summed E-state index contributed by atoms with van der Waals surface area (Å²) in [5, 5.41) is 2.89. The highest BCUT2D eigenvalue weighted by atomic mass is 16.6. The predicted molar refractivity (Wildman–Crippen MR) is 137 cm³/mol. The van der Waals surface area contributed by atoms with Crippen LogP contribution in [0.25, 0.3) is 5.65 Å². The van der Waals surface area contributed by atoms with Crippen molar-refractivity contribution in [2.75, 3.05) is 41.3 Å². The van der Waals surface area contributed by atoms with Crippen LogP contribution in [0.4, 0.5) is 26.9 Å². The summed E-state index contributed by atoms with van der Waals surface area (Å²) >= 11 is 0. The Labute approximate surface area is 210 Å². The molecule has 1 atom stereocenters. The summed E-state index contributed by atoms with van der Waals surface area (Å²) in [6.07, 6.45) is 7.48. The average molecular weight is 493 g/mol. The van der Waals surface area contributed by atoms with E-state index in [0.29, 0.717) is 49.9 Å². The molecule has 0 spiro atoms. The summed E-state index contributed by atoms with van der Waals surface area (Å²) < 4.78 is 7.41. The number of hydrogen-bond donors (Lipinski definition) is 1. The van der Waals surface area contributed by atoms with E-state index in [0.717, 1.165) is 16.9 Å². The molecule has 3 aromatic rings. The number of imidazole rings is 1. The van der Waals surface area contributed by atoms with E-state index in [-0.39, 0.29) is 18.2 Å². The van der Waals surface area contributed by atoms with Crippen molar-refractivity contribution in [3.8, 4) is 0 Å². The van der Waals surface area contributed by atoms with Crippen LogP contribution in [0.15, 0.2) is 30.9 Å². The maximum atomic E-state index is 13.1. The molecule has 0 radical (unpaired) electrons. The van der Waals surface area contributed by atoms with Crippen LogP contribution >= 0.6 is 0 Å². The highest BCUT2D eigenvalue weighted by molar-refractivity contribution is 6.02. The number of rotatable bonds is 2. The van der Waals surface area contributed by atoms with Gasteiger partial charge in [-0.15, -0.1) is 0 Å². The third-order valence-corrected chi connectivity index (χ3v) is 6.40. The number of fused-ring (bicyclic) bond motifs is 2. The number of nitrogens with zero attached hydrogens (tertiary/aromatic N) is 7. The lowest BCUT2D eigenvalue weighted by molar-refractivity contribution is 0.0159. The molecule has 0 aliphatic carbocycles. The van der Waals surface area contributed by atoms with Gasteiger partial charge in [-0.3, -0.25) is 15.2 Å². The summed E-state index contributed by atoms with van der Waals surface area (Å²) in [4.78, 5) is 44.7. The second-order valence-corrected chi connectivity index (χ2v) is 10.4. The van der Waals surface area contributed by atoms with E-state index in [4.69, 9.17) is 4.74 Å². The Balaban J connectivity index is 1.29. The Morgan fingerprint density at radius 2 is 1.94 bits per heavy atom. The van der Waals surface area contributed by atoms with E-state index in [1.807, 2.05) is 51.3 Å². The van der Waals surface area contributed by atoms with Crippen molar-refractivity contribution in [2.45, 2.75) is 52.7 Å². The van der Waals surface area contributed by atoms with Gasteiger partial charge >= 0.3 is 12.1 Å². The smallest absolute Gasteiger partial charge is 0.410 e. The molecule has 1 N–H and O–H groups in total. The molecule has 2 aliphatic rings. The minimum absolute atomic E-state index is 0.00797. The molecule has 36 heavy (non-hydrogen) atoms. The quantitative estimate of drug-likeness (QED) is 0.583. The van der Waals surface area contributed by atoms with E-state index in [1.54, 1.807) is 28.4 Å². The molecule has 3 amide bonds. The molecule has 1 saturated heterocycles. The van der Waals surface area contributed by atoms with Gasteiger partial charge in [0.1, 0.15) is 11.4 Å². The number of amides is 3. The van der Waals surface area contributed by atoms with Crippen LogP contribution in [-0.2, 0) is 11.2 Å². The maximum absolute atomic E-state index is 13.1. The zero-order chi connectivity index (χ0) is 25.6. The third-order valence-electron chi connectivity index (χ3n) is 6.40. The van der Waals surface area contributed by atoms with Gasteiger partial charge in [-0.25, -0.2) is 19.6 Å². The number of carbonyl (C=O) groups excluding carboxylic acids is 2. The number of urea groups is 1. The minimum atomic E-state index is -0.525. The lowest BCUT2D eigenvalue weighted by atomic mass is 10.1. The fourth-order valence-corrected chi connectivity index (χ4v) is 4.77. The van der Waals surface area contributed by atoms with Gasteiger partial charge in [0.15, 0.2) is 11.5 Å². The molecule has 5 rings (SSSR count). The highest BCUT2D eigenvalue weighted by Gasteiger charge is 2.34. The zero-order valence-electron chi connectivity index (χ0n) is 21.4. The fraction of sp³-hybridized carbons (Fsp3) is 0.480.